The second-order valence-electron chi connectivity index (χ2n) is 3.38. The van der Waals surface area contributed by atoms with Crippen LogP contribution in [0.3, 0.4) is 0 Å². The average molecular weight is 304 g/mol. The number of carbonyl (C=O) groups excluding carboxylic acids is 1. The fourth-order valence-corrected chi connectivity index (χ4v) is 1.12. The van der Waals surface area contributed by atoms with E-state index in [2.05, 4.69) is 4.98 Å². The molecule has 0 aliphatic rings. The molecule has 4 nitrogen and oxygen atoms in total. The lowest BCUT2D eigenvalue weighted by atomic mass is 10.3. The van der Waals surface area contributed by atoms with Gasteiger partial charge in [0.1, 0.15) is 5.15 Å². The molecular formula is C9H7ClF5N3O. The van der Waals surface area contributed by atoms with Crippen LogP contribution in [0, 0.1) is 0 Å². The summed E-state index contributed by atoms with van der Waals surface area (Å²) in [6, 6.07) is 1.27. The Hall–Kier alpha value is -1.64. The molecule has 0 radical (unpaired) electrons. The molecule has 0 saturated heterocycles. The first-order valence-corrected chi connectivity index (χ1v) is 5.10. The first kappa shape index (κ1) is 15.4. The van der Waals surface area contributed by atoms with Crippen molar-refractivity contribution in [3.8, 4) is 0 Å². The molecule has 0 atom stereocenters. The van der Waals surface area contributed by atoms with Crippen LogP contribution in [0.4, 0.5) is 32.4 Å². The first-order valence-electron chi connectivity index (χ1n) is 4.73. The molecule has 0 fully saturated rings. The van der Waals surface area contributed by atoms with E-state index in [0.29, 0.717) is 0 Å². The van der Waals surface area contributed by atoms with Gasteiger partial charge in [0.15, 0.2) is 0 Å². The van der Waals surface area contributed by atoms with Gasteiger partial charge < -0.3 is 10.6 Å². The van der Waals surface area contributed by atoms with Crippen molar-refractivity contribution in [3.05, 3.63) is 23.5 Å². The van der Waals surface area contributed by atoms with Crippen molar-refractivity contribution in [2.45, 2.75) is 12.1 Å². The summed E-state index contributed by atoms with van der Waals surface area (Å²) in [6.07, 6.45) is -4.50. The minimum Gasteiger partial charge on any atom is -0.331 e. The molecule has 1 aromatic rings. The number of aromatic nitrogens is 1. The number of carbonyl (C=O) groups is 1. The Bertz CT molecular complexity index is 465. The van der Waals surface area contributed by atoms with E-state index in [1.165, 1.54) is 23.6 Å². The molecule has 1 aromatic heterocycles. The van der Waals surface area contributed by atoms with Gasteiger partial charge in [-0.15, -0.1) is 0 Å². The first-order chi connectivity index (χ1) is 8.62. The second kappa shape index (κ2) is 5.55. The van der Waals surface area contributed by atoms with Crippen molar-refractivity contribution in [1.29, 1.82) is 0 Å². The smallest absolute Gasteiger partial charge is 0.331 e. The summed E-state index contributed by atoms with van der Waals surface area (Å²) in [5.74, 6) is -5.00. The van der Waals surface area contributed by atoms with E-state index >= 15 is 0 Å². The molecule has 10 heteroatoms. The molecule has 0 saturated carbocycles. The Balaban J connectivity index is 2.53. The molecular weight excluding hydrogens is 297 g/mol. The fourth-order valence-electron chi connectivity index (χ4n) is 0.947. The predicted octanol–water partition coefficient (Wildman–Crippen LogP) is 3.05. The van der Waals surface area contributed by atoms with Crippen LogP contribution in [0.15, 0.2) is 18.3 Å². The van der Waals surface area contributed by atoms with Crippen LogP contribution in [0.25, 0.3) is 0 Å². The van der Waals surface area contributed by atoms with Crippen molar-refractivity contribution < 1.29 is 26.7 Å². The van der Waals surface area contributed by atoms with E-state index in [9.17, 15) is 26.7 Å². The number of hydrogen-bond acceptors (Lipinski definition) is 2. The number of amides is 2. The van der Waals surface area contributed by atoms with Crippen molar-refractivity contribution >= 4 is 23.3 Å². The van der Waals surface area contributed by atoms with Crippen LogP contribution in [0.2, 0.25) is 5.15 Å². The zero-order chi connectivity index (χ0) is 14.7. The zero-order valence-corrected chi connectivity index (χ0v) is 9.82. The van der Waals surface area contributed by atoms with Crippen LogP contribution in [0.5, 0.6) is 0 Å². The molecule has 0 aromatic carbocycles. The fraction of sp³-hybridized carbons (Fsp3) is 0.333. The third kappa shape index (κ3) is 4.51. The lowest BCUT2D eigenvalue weighted by molar-refractivity contribution is -0.278. The molecule has 19 heavy (non-hydrogen) atoms. The highest BCUT2D eigenvalue weighted by Gasteiger charge is 2.57. The normalized spacial score (nSPS) is 12.1. The van der Waals surface area contributed by atoms with Gasteiger partial charge in [0.25, 0.3) is 0 Å². The molecule has 0 aliphatic carbocycles. The zero-order valence-electron chi connectivity index (χ0n) is 9.06. The third-order valence-electron chi connectivity index (χ3n) is 1.87. The number of alkyl halides is 5. The molecule has 2 amide bonds. The highest BCUT2D eigenvalue weighted by Crippen LogP contribution is 2.34. The SMILES string of the molecule is O=C(NCC(F)(F)C(F)(F)F)Nc1ccnc(Cl)c1. The summed E-state index contributed by atoms with van der Waals surface area (Å²) in [5, 5.41) is 3.47. The van der Waals surface area contributed by atoms with E-state index in [1.807, 2.05) is 5.32 Å². The highest BCUT2D eigenvalue weighted by molar-refractivity contribution is 6.29. The lowest BCUT2D eigenvalue weighted by Gasteiger charge is -2.19. The van der Waals surface area contributed by atoms with Crippen LogP contribution in [-0.4, -0.2) is 29.7 Å². The molecule has 1 rings (SSSR count). The van der Waals surface area contributed by atoms with Gasteiger partial charge >= 0.3 is 18.1 Å². The maximum atomic E-state index is 12.5. The molecule has 0 unspecified atom stereocenters. The van der Waals surface area contributed by atoms with Crippen molar-refractivity contribution in [1.82, 2.24) is 10.3 Å². The van der Waals surface area contributed by atoms with Gasteiger partial charge in [0.2, 0.25) is 0 Å². The quantitative estimate of drug-likeness (QED) is 0.666. The van der Waals surface area contributed by atoms with Crippen molar-refractivity contribution in [2.24, 2.45) is 0 Å². The predicted molar refractivity (Wildman–Crippen MR) is 57.3 cm³/mol. The standard InChI is InChI=1S/C9H7ClF5N3O/c10-6-3-5(1-2-16-6)18-7(19)17-4-8(11,12)9(13,14)15/h1-3H,4H2,(H2,16,17,18,19). The van der Waals surface area contributed by atoms with E-state index < -0.39 is 24.7 Å². The largest absolute Gasteiger partial charge is 0.455 e. The average Bonchev–Trinajstić information content (AvgIpc) is 2.25. The number of nitrogens with zero attached hydrogens (tertiary/aromatic N) is 1. The summed E-state index contributed by atoms with van der Waals surface area (Å²) < 4.78 is 60.4. The summed E-state index contributed by atoms with van der Waals surface area (Å²) in [7, 11) is 0. The van der Waals surface area contributed by atoms with Crippen LogP contribution < -0.4 is 10.6 Å². The Morgan fingerprint density at radius 3 is 2.47 bits per heavy atom. The van der Waals surface area contributed by atoms with Crippen molar-refractivity contribution in [2.75, 3.05) is 11.9 Å². The summed E-state index contributed by atoms with van der Waals surface area (Å²) in [6.45, 7) is -1.86. The number of halogens is 6. The molecule has 2 N–H and O–H groups in total. The van der Waals surface area contributed by atoms with Gasteiger partial charge in [-0.05, 0) is 12.1 Å². The topological polar surface area (TPSA) is 54.0 Å². The maximum Gasteiger partial charge on any atom is 0.455 e. The Morgan fingerprint density at radius 1 is 1.32 bits per heavy atom. The number of rotatable bonds is 3. The monoisotopic (exact) mass is 303 g/mol. The minimum absolute atomic E-state index is 0.0263. The number of pyridine rings is 1. The van der Waals surface area contributed by atoms with E-state index in [4.69, 9.17) is 11.6 Å². The minimum atomic E-state index is -5.72. The van der Waals surface area contributed by atoms with E-state index in [-0.39, 0.29) is 10.8 Å². The Morgan fingerprint density at radius 2 is 1.95 bits per heavy atom. The number of urea groups is 1. The van der Waals surface area contributed by atoms with Gasteiger partial charge in [-0.1, -0.05) is 11.6 Å². The Kier molecular flexibility index (Phi) is 4.51. The van der Waals surface area contributed by atoms with Gasteiger partial charge in [0.05, 0.1) is 6.54 Å². The van der Waals surface area contributed by atoms with Gasteiger partial charge in [-0.3, -0.25) is 0 Å². The second-order valence-corrected chi connectivity index (χ2v) is 3.76. The van der Waals surface area contributed by atoms with Crippen molar-refractivity contribution in [3.63, 3.8) is 0 Å². The number of anilines is 1. The highest BCUT2D eigenvalue weighted by atomic mass is 35.5. The molecule has 0 aliphatic heterocycles. The van der Waals surface area contributed by atoms with E-state index in [0.717, 1.165) is 0 Å². The van der Waals surface area contributed by atoms with Crippen LogP contribution >= 0.6 is 11.6 Å². The number of hydrogen-bond donors (Lipinski definition) is 2. The molecule has 0 bridgehead atoms. The lowest BCUT2D eigenvalue weighted by Crippen LogP contribution is -2.47. The molecule has 1 heterocycles. The maximum absolute atomic E-state index is 12.5. The van der Waals surface area contributed by atoms with Crippen LogP contribution in [-0.2, 0) is 0 Å². The molecule has 106 valence electrons. The summed E-state index contributed by atoms with van der Waals surface area (Å²) in [4.78, 5) is 14.7. The van der Waals surface area contributed by atoms with Gasteiger partial charge in [-0.25, -0.2) is 9.78 Å². The number of nitrogens with one attached hydrogen (secondary N) is 2. The van der Waals surface area contributed by atoms with Crippen LogP contribution in [0.1, 0.15) is 0 Å². The summed E-state index contributed by atoms with van der Waals surface area (Å²) >= 11 is 5.49. The van der Waals surface area contributed by atoms with E-state index in [1.54, 1.807) is 0 Å². The van der Waals surface area contributed by atoms with Gasteiger partial charge in [-0.2, -0.15) is 22.0 Å². The Labute approximate surface area is 109 Å². The summed E-state index contributed by atoms with van der Waals surface area (Å²) in [5.41, 5.74) is 0.104. The molecule has 0 spiro atoms. The van der Waals surface area contributed by atoms with Gasteiger partial charge in [0, 0.05) is 11.9 Å². The third-order valence-corrected chi connectivity index (χ3v) is 2.08.